The van der Waals surface area contributed by atoms with Gasteiger partial charge in [-0.3, -0.25) is 9.78 Å². The second-order valence-corrected chi connectivity index (χ2v) is 9.27. The molecule has 1 spiro atoms. The number of aromatic nitrogens is 1. The lowest BCUT2D eigenvalue weighted by Crippen LogP contribution is -2.22. The maximum atomic E-state index is 14.2. The fraction of sp³-hybridized carbons (Fsp3) is 0.385. The van der Waals surface area contributed by atoms with Crippen molar-refractivity contribution in [1.82, 2.24) is 4.98 Å². The highest BCUT2D eigenvalue weighted by atomic mass is 19.1. The normalized spacial score (nSPS) is 25.4. The predicted molar refractivity (Wildman–Crippen MR) is 118 cm³/mol. The van der Waals surface area contributed by atoms with Gasteiger partial charge in [0.05, 0.1) is 5.52 Å². The van der Waals surface area contributed by atoms with Gasteiger partial charge in [-0.05, 0) is 98.7 Å². The van der Waals surface area contributed by atoms with E-state index in [4.69, 9.17) is 0 Å². The van der Waals surface area contributed by atoms with Crippen molar-refractivity contribution >= 4 is 22.5 Å². The van der Waals surface area contributed by atoms with Gasteiger partial charge in [0.2, 0.25) is 5.91 Å². The van der Waals surface area contributed by atoms with Crippen molar-refractivity contribution in [2.24, 2.45) is 11.3 Å². The second-order valence-electron chi connectivity index (χ2n) is 9.27. The number of rotatable bonds is 3. The molecule has 1 heterocycles. The van der Waals surface area contributed by atoms with Crippen LogP contribution in [0.15, 0.2) is 48.7 Å². The van der Waals surface area contributed by atoms with E-state index in [2.05, 4.69) is 10.3 Å². The molecule has 1 unspecified atom stereocenters. The van der Waals surface area contributed by atoms with E-state index < -0.39 is 0 Å². The molecule has 0 saturated heterocycles. The number of aryl methyl sites for hydroxylation is 2. The molecule has 5 rings (SSSR count). The van der Waals surface area contributed by atoms with E-state index in [9.17, 15) is 9.18 Å². The first kappa shape index (κ1) is 19.2. The Labute approximate surface area is 176 Å². The van der Waals surface area contributed by atoms with Gasteiger partial charge in [-0.15, -0.1) is 0 Å². The Morgan fingerprint density at radius 3 is 2.57 bits per heavy atom. The number of carbonyl (C=O) groups excluding carboxylic acids is 1. The molecule has 2 saturated carbocycles. The van der Waals surface area contributed by atoms with Gasteiger partial charge in [0.25, 0.3) is 0 Å². The zero-order valence-corrected chi connectivity index (χ0v) is 17.5. The summed E-state index contributed by atoms with van der Waals surface area (Å²) in [6, 6.07) is 13.5. The standard InChI is InChI=1S/C26H27FN2O/c1-16-3-5-19(6-4-16)29-25(30)22-15-26(22)10-7-18(8-11-26)20-9-12-28-24-13-17(2)23(27)14-21(20)24/h3-6,9,12-14,18,22H,7-8,10-11,15H2,1-2H3,(H,29,30). The van der Waals surface area contributed by atoms with Crippen molar-refractivity contribution in [2.45, 2.75) is 51.9 Å². The number of carbonyl (C=O) groups is 1. The number of hydrogen-bond acceptors (Lipinski definition) is 2. The van der Waals surface area contributed by atoms with Gasteiger partial charge in [0.15, 0.2) is 0 Å². The molecule has 3 nitrogen and oxygen atoms in total. The van der Waals surface area contributed by atoms with Gasteiger partial charge in [-0.25, -0.2) is 4.39 Å². The topological polar surface area (TPSA) is 42.0 Å². The Hall–Kier alpha value is -2.75. The van der Waals surface area contributed by atoms with Crippen LogP contribution in [0.4, 0.5) is 10.1 Å². The van der Waals surface area contributed by atoms with Crippen molar-refractivity contribution in [3.63, 3.8) is 0 Å². The van der Waals surface area contributed by atoms with Crippen LogP contribution in [0.3, 0.4) is 0 Å². The van der Waals surface area contributed by atoms with Gasteiger partial charge >= 0.3 is 0 Å². The number of benzene rings is 2. The number of pyridine rings is 1. The summed E-state index contributed by atoms with van der Waals surface area (Å²) in [5.41, 5.74) is 4.93. The summed E-state index contributed by atoms with van der Waals surface area (Å²) in [5, 5.41) is 4.03. The lowest BCUT2D eigenvalue weighted by atomic mass is 9.75. The SMILES string of the molecule is Cc1ccc(NC(=O)C2CC23CCC(c2ccnc4cc(C)c(F)cc24)CC3)cc1. The number of anilines is 1. The lowest BCUT2D eigenvalue weighted by Gasteiger charge is -2.30. The molecule has 2 aliphatic rings. The number of halogens is 1. The van der Waals surface area contributed by atoms with Gasteiger partial charge in [0, 0.05) is 23.2 Å². The van der Waals surface area contributed by atoms with Crippen LogP contribution in [0.2, 0.25) is 0 Å². The summed E-state index contributed by atoms with van der Waals surface area (Å²) >= 11 is 0. The smallest absolute Gasteiger partial charge is 0.228 e. The van der Waals surface area contributed by atoms with Crippen molar-refractivity contribution in [3.8, 4) is 0 Å². The molecule has 30 heavy (non-hydrogen) atoms. The molecule has 0 radical (unpaired) electrons. The van der Waals surface area contributed by atoms with Gasteiger partial charge in [-0.2, -0.15) is 0 Å². The van der Waals surface area contributed by atoms with Gasteiger partial charge in [0.1, 0.15) is 5.82 Å². The quantitative estimate of drug-likeness (QED) is 0.559. The third-order valence-corrected chi connectivity index (χ3v) is 7.30. The average molecular weight is 403 g/mol. The van der Waals surface area contributed by atoms with E-state index in [0.29, 0.717) is 11.5 Å². The van der Waals surface area contributed by atoms with Crippen LogP contribution in [0.5, 0.6) is 0 Å². The largest absolute Gasteiger partial charge is 0.326 e. The molecule has 0 aliphatic heterocycles. The number of fused-ring (bicyclic) bond motifs is 1. The lowest BCUT2D eigenvalue weighted by molar-refractivity contribution is -0.118. The van der Waals surface area contributed by atoms with E-state index in [-0.39, 0.29) is 23.1 Å². The third kappa shape index (κ3) is 3.38. The highest BCUT2D eigenvalue weighted by Crippen LogP contribution is 2.63. The van der Waals surface area contributed by atoms with E-state index in [1.54, 1.807) is 13.0 Å². The van der Waals surface area contributed by atoms with Crippen LogP contribution >= 0.6 is 0 Å². The van der Waals surface area contributed by atoms with Crippen molar-refractivity contribution in [3.05, 3.63) is 71.2 Å². The third-order valence-electron chi connectivity index (χ3n) is 7.30. The summed E-state index contributed by atoms with van der Waals surface area (Å²) in [4.78, 5) is 17.2. The fourth-order valence-electron chi connectivity index (χ4n) is 5.29. The molecule has 2 aliphatic carbocycles. The summed E-state index contributed by atoms with van der Waals surface area (Å²) in [6.45, 7) is 3.82. The molecule has 0 bridgehead atoms. The summed E-state index contributed by atoms with van der Waals surface area (Å²) in [7, 11) is 0. The average Bonchev–Trinajstić information content (AvgIpc) is 3.44. The molecular formula is C26H27FN2O. The van der Waals surface area contributed by atoms with E-state index in [0.717, 1.165) is 48.7 Å². The van der Waals surface area contributed by atoms with Crippen LogP contribution in [0, 0.1) is 31.0 Å². The molecular weight excluding hydrogens is 375 g/mol. The number of hydrogen-bond donors (Lipinski definition) is 1. The predicted octanol–water partition coefficient (Wildman–Crippen LogP) is 6.29. The molecule has 1 amide bonds. The van der Waals surface area contributed by atoms with Crippen LogP contribution in [0.1, 0.15) is 54.7 Å². The first-order chi connectivity index (χ1) is 14.4. The van der Waals surface area contributed by atoms with E-state index in [1.807, 2.05) is 49.5 Å². The zero-order chi connectivity index (χ0) is 20.9. The minimum absolute atomic E-state index is 0.119. The monoisotopic (exact) mass is 402 g/mol. The van der Waals surface area contributed by atoms with Crippen molar-refractivity contribution < 1.29 is 9.18 Å². The Kier molecular flexibility index (Phi) is 4.61. The van der Waals surface area contributed by atoms with Crippen molar-refractivity contribution in [2.75, 3.05) is 5.32 Å². The second kappa shape index (κ2) is 7.19. The number of nitrogens with one attached hydrogen (secondary N) is 1. The van der Waals surface area contributed by atoms with Gasteiger partial charge < -0.3 is 5.32 Å². The molecule has 1 N–H and O–H groups in total. The highest BCUT2D eigenvalue weighted by Gasteiger charge is 2.58. The highest BCUT2D eigenvalue weighted by molar-refractivity contribution is 5.95. The fourth-order valence-corrected chi connectivity index (χ4v) is 5.29. The van der Waals surface area contributed by atoms with Crippen LogP contribution in [-0.4, -0.2) is 10.9 Å². The summed E-state index contributed by atoms with van der Waals surface area (Å²) < 4.78 is 14.2. The Morgan fingerprint density at radius 1 is 1.10 bits per heavy atom. The van der Waals surface area contributed by atoms with Crippen molar-refractivity contribution in [1.29, 1.82) is 0 Å². The summed E-state index contributed by atoms with van der Waals surface area (Å²) in [5.74, 6) is 0.516. The molecule has 2 fully saturated rings. The Morgan fingerprint density at radius 2 is 1.83 bits per heavy atom. The molecule has 4 heteroatoms. The first-order valence-electron chi connectivity index (χ1n) is 10.9. The van der Waals surface area contributed by atoms with Crippen LogP contribution in [-0.2, 0) is 4.79 Å². The minimum Gasteiger partial charge on any atom is -0.326 e. The minimum atomic E-state index is -0.168. The maximum absolute atomic E-state index is 14.2. The zero-order valence-electron chi connectivity index (χ0n) is 17.5. The molecule has 2 aromatic carbocycles. The maximum Gasteiger partial charge on any atom is 0.228 e. The molecule has 3 aromatic rings. The Bertz CT molecular complexity index is 1110. The molecule has 154 valence electrons. The van der Waals surface area contributed by atoms with Crippen LogP contribution < -0.4 is 5.32 Å². The van der Waals surface area contributed by atoms with E-state index >= 15 is 0 Å². The molecule has 1 atom stereocenters. The number of nitrogens with zero attached hydrogens (tertiary/aromatic N) is 1. The Balaban J connectivity index is 1.27. The number of amides is 1. The summed E-state index contributed by atoms with van der Waals surface area (Å²) in [6.07, 6.45) is 7.03. The van der Waals surface area contributed by atoms with E-state index in [1.165, 1.54) is 11.1 Å². The molecule has 1 aromatic heterocycles. The first-order valence-corrected chi connectivity index (χ1v) is 10.9. The van der Waals surface area contributed by atoms with Crippen LogP contribution in [0.25, 0.3) is 10.9 Å². The van der Waals surface area contributed by atoms with Gasteiger partial charge in [-0.1, -0.05) is 17.7 Å².